The van der Waals surface area contributed by atoms with Crippen LogP contribution in [0, 0.1) is 6.92 Å². The molecule has 4 nitrogen and oxygen atoms in total. The van der Waals surface area contributed by atoms with Gasteiger partial charge >= 0.3 is 0 Å². The number of rotatable bonds is 0. The molecule has 0 bridgehead atoms. The monoisotopic (exact) mass is 163 g/mol. The number of fused-ring (bicyclic) bond motifs is 1. The third kappa shape index (κ3) is 0.747. The molecule has 0 aliphatic heterocycles. The number of nitrogens with zero attached hydrogens (tertiary/aromatic N) is 2. The summed E-state index contributed by atoms with van der Waals surface area (Å²) in [5.74, 6) is 0.605. The molecule has 0 spiro atoms. The molecular weight excluding hydrogens is 154 g/mol. The van der Waals surface area contributed by atoms with E-state index < -0.39 is 0 Å². The topological polar surface area (TPSA) is 63.5 Å². The second-order valence-electron chi connectivity index (χ2n) is 2.67. The van der Waals surface area contributed by atoms with Gasteiger partial charge in [-0.25, -0.2) is 9.38 Å². The fourth-order valence-electron chi connectivity index (χ4n) is 1.22. The van der Waals surface area contributed by atoms with Gasteiger partial charge in [-0.15, -0.1) is 0 Å². The number of nitrogens with two attached hydrogens (primary N) is 1. The zero-order valence-corrected chi connectivity index (χ0v) is 6.65. The van der Waals surface area contributed by atoms with Gasteiger partial charge in [-0.1, -0.05) is 6.07 Å². The Morgan fingerprint density at radius 2 is 2.25 bits per heavy atom. The molecule has 2 aromatic heterocycles. The van der Waals surface area contributed by atoms with Gasteiger partial charge in [-0.05, 0) is 19.1 Å². The van der Waals surface area contributed by atoms with Gasteiger partial charge in [0.05, 0.1) is 0 Å². The molecule has 0 aliphatic rings. The van der Waals surface area contributed by atoms with Crippen LogP contribution in [0.2, 0.25) is 0 Å². The average Bonchev–Trinajstić information content (AvgIpc) is 2.29. The third-order valence-electron chi connectivity index (χ3n) is 1.82. The van der Waals surface area contributed by atoms with Crippen molar-refractivity contribution >= 4 is 11.5 Å². The average molecular weight is 163 g/mol. The Morgan fingerprint density at radius 3 is 2.92 bits per heavy atom. The molecule has 2 aromatic rings. The summed E-state index contributed by atoms with van der Waals surface area (Å²) in [6, 6.07) is 5.31. The molecule has 0 amide bonds. The largest absolute Gasteiger partial charge is 0.493 e. The Balaban J connectivity index is 2.97. The molecular formula is C8H9N3O. The smallest absolute Gasteiger partial charge is 0.220 e. The zero-order chi connectivity index (χ0) is 8.72. The molecule has 0 aliphatic carbocycles. The number of anilines is 1. The Hall–Kier alpha value is -1.71. The van der Waals surface area contributed by atoms with Crippen LogP contribution in [0.4, 0.5) is 5.82 Å². The lowest BCUT2D eigenvalue weighted by atomic mass is 10.4. The van der Waals surface area contributed by atoms with E-state index in [-0.39, 0.29) is 5.88 Å². The first-order valence-corrected chi connectivity index (χ1v) is 3.62. The van der Waals surface area contributed by atoms with Crippen molar-refractivity contribution in [3.05, 3.63) is 23.9 Å². The van der Waals surface area contributed by atoms with Crippen LogP contribution in [0.15, 0.2) is 18.2 Å². The maximum absolute atomic E-state index is 9.50. The summed E-state index contributed by atoms with van der Waals surface area (Å²) in [7, 11) is 0. The predicted molar refractivity (Wildman–Crippen MR) is 46.0 cm³/mol. The van der Waals surface area contributed by atoms with Gasteiger partial charge in [0.15, 0.2) is 0 Å². The lowest BCUT2D eigenvalue weighted by Gasteiger charge is -1.98. The van der Waals surface area contributed by atoms with Crippen LogP contribution in [0.5, 0.6) is 5.88 Å². The first-order valence-electron chi connectivity index (χ1n) is 3.62. The van der Waals surface area contributed by atoms with Crippen LogP contribution < -0.4 is 5.73 Å². The molecule has 0 atom stereocenters. The highest BCUT2D eigenvalue weighted by Crippen LogP contribution is 2.20. The molecule has 0 radical (unpaired) electrons. The standard InChI is InChI=1S/C8H9N3O/c1-5-8(12)11-6(9)3-2-4-7(11)10-5/h2-4,12H,9H2,1H3. The van der Waals surface area contributed by atoms with Crippen LogP contribution in [-0.2, 0) is 0 Å². The Kier molecular flexibility index (Phi) is 1.24. The van der Waals surface area contributed by atoms with E-state index in [1.807, 2.05) is 0 Å². The van der Waals surface area contributed by atoms with Gasteiger partial charge < -0.3 is 10.8 Å². The zero-order valence-electron chi connectivity index (χ0n) is 6.65. The van der Waals surface area contributed by atoms with Crippen molar-refractivity contribution in [2.45, 2.75) is 6.92 Å². The summed E-state index contributed by atoms with van der Waals surface area (Å²) in [5.41, 5.74) is 6.90. The van der Waals surface area contributed by atoms with Crippen molar-refractivity contribution in [3.8, 4) is 5.88 Å². The third-order valence-corrected chi connectivity index (χ3v) is 1.82. The molecule has 0 saturated heterocycles. The summed E-state index contributed by atoms with van der Waals surface area (Å²) in [4.78, 5) is 4.11. The molecule has 62 valence electrons. The molecule has 3 N–H and O–H groups in total. The van der Waals surface area contributed by atoms with Crippen molar-refractivity contribution in [3.63, 3.8) is 0 Å². The number of hydrogen-bond acceptors (Lipinski definition) is 3. The van der Waals surface area contributed by atoms with E-state index in [1.54, 1.807) is 25.1 Å². The van der Waals surface area contributed by atoms with Crippen molar-refractivity contribution in [1.82, 2.24) is 9.38 Å². The number of aromatic nitrogens is 2. The maximum Gasteiger partial charge on any atom is 0.220 e. The van der Waals surface area contributed by atoms with Gasteiger partial charge in [-0.3, -0.25) is 0 Å². The second kappa shape index (κ2) is 2.14. The number of pyridine rings is 1. The SMILES string of the molecule is Cc1nc2cccc(N)n2c1O. The Bertz CT molecular complexity index is 433. The number of imidazole rings is 1. The number of aromatic hydroxyl groups is 1. The Labute approximate surface area is 69.3 Å². The highest BCUT2D eigenvalue weighted by atomic mass is 16.3. The van der Waals surface area contributed by atoms with E-state index in [0.717, 1.165) is 0 Å². The van der Waals surface area contributed by atoms with E-state index in [1.165, 1.54) is 4.40 Å². The second-order valence-corrected chi connectivity index (χ2v) is 2.67. The lowest BCUT2D eigenvalue weighted by Crippen LogP contribution is -1.94. The Morgan fingerprint density at radius 1 is 1.50 bits per heavy atom. The summed E-state index contributed by atoms with van der Waals surface area (Å²) in [5, 5.41) is 9.50. The van der Waals surface area contributed by atoms with Crippen molar-refractivity contribution in [2.24, 2.45) is 0 Å². The van der Waals surface area contributed by atoms with Crippen molar-refractivity contribution < 1.29 is 5.11 Å². The fraction of sp³-hybridized carbons (Fsp3) is 0.125. The number of aryl methyl sites for hydroxylation is 1. The molecule has 12 heavy (non-hydrogen) atoms. The van der Waals surface area contributed by atoms with Crippen molar-refractivity contribution in [1.29, 1.82) is 0 Å². The van der Waals surface area contributed by atoms with Gasteiger partial charge in [-0.2, -0.15) is 0 Å². The molecule has 0 aromatic carbocycles. The summed E-state index contributed by atoms with van der Waals surface area (Å²) in [6.07, 6.45) is 0. The number of hydrogen-bond donors (Lipinski definition) is 2. The molecule has 0 saturated carbocycles. The highest BCUT2D eigenvalue weighted by molar-refractivity contribution is 5.52. The van der Waals surface area contributed by atoms with E-state index in [4.69, 9.17) is 5.73 Å². The van der Waals surface area contributed by atoms with Gasteiger partial charge in [0.25, 0.3) is 0 Å². The summed E-state index contributed by atoms with van der Waals surface area (Å²) in [6.45, 7) is 1.74. The van der Waals surface area contributed by atoms with Crippen LogP contribution >= 0.6 is 0 Å². The molecule has 0 fully saturated rings. The van der Waals surface area contributed by atoms with Crippen LogP contribution in [0.1, 0.15) is 5.69 Å². The minimum atomic E-state index is 0.114. The predicted octanol–water partition coefficient (Wildman–Crippen LogP) is 0.931. The molecule has 4 heteroatoms. The summed E-state index contributed by atoms with van der Waals surface area (Å²) >= 11 is 0. The highest BCUT2D eigenvalue weighted by Gasteiger charge is 2.07. The number of nitrogen functional groups attached to an aromatic ring is 1. The van der Waals surface area contributed by atoms with Crippen LogP contribution in [-0.4, -0.2) is 14.5 Å². The van der Waals surface area contributed by atoms with Crippen LogP contribution in [0.25, 0.3) is 5.65 Å². The maximum atomic E-state index is 9.50. The minimum Gasteiger partial charge on any atom is -0.493 e. The minimum absolute atomic E-state index is 0.114. The lowest BCUT2D eigenvalue weighted by molar-refractivity contribution is 0.445. The van der Waals surface area contributed by atoms with E-state index in [9.17, 15) is 5.11 Å². The van der Waals surface area contributed by atoms with E-state index in [0.29, 0.717) is 17.2 Å². The molecule has 0 unspecified atom stereocenters. The fourth-order valence-corrected chi connectivity index (χ4v) is 1.22. The normalized spacial score (nSPS) is 10.8. The first kappa shape index (κ1) is 6.97. The summed E-state index contributed by atoms with van der Waals surface area (Å²) < 4.78 is 1.51. The van der Waals surface area contributed by atoms with Crippen molar-refractivity contribution in [2.75, 3.05) is 5.73 Å². The van der Waals surface area contributed by atoms with Gasteiger partial charge in [0, 0.05) is 0 Å². The van der Waals surface area contributed by atoms with Gasteiger partial charge in [0.2, 0.25) is 5.88 Å². The van der Waals surface area contributed by atoms with Crippen LogP contribution in [0.3, 0.4) is 0 Å². The molecule has 2 rings (SSSR count). The quantitative estimate of drug-likeness (QED) is 0.607. The van der Waals surface area contributed by atoms with Gasteiger partial charge in [0.1, 0.15) is 17.2 Å². The van der Waals surface area contributed by atoms with E-state index >= 15 is 0 Å². The first-order chi connectivity index (χ1) is 5.70. The molecule has 2 heterocycles. The van der Waals surface area contributed by atoms with E-state index in [2.05, 4.69) is 4.98 Å².